The zero-order chi connectivity index (χ0) is 13.7. The third-order valence-electron chi connectivity index (χ3n) is 3.12. The predicted octanol–water partition coefficient (Wildman–Crippen LogP) is 2.80. The quantitative estimate of drug-likeness (QED) is 0.796. The van der Waals surface area contributed by atoms with Crippen LogP contribution in [0.4, 0.5) is 0 Å². The van der Waals surface area contributed by atoms with E-state index in [1.54, 1.807) is 6.33 Å². The van der Waals surface area contributed by atoms with Gasteiger partial charge in [-0.3, -0.25) is 4.68 Å². The van der Waals surface area contributed by atoms with E-state index in [0.717, 1.165) is 25.2 Å². The smallest absolute Gasteiger partial charge is 0.138 e. The van der Waals surface area contributed by atoms with E-state index in [1.807, 2.05) is 11.7 Å². The van der Waals surface area contributed by atoms with Gasteiger partial charge in [0.05, 0.1) is 0 Å². The van der Waals surface area contributed by atoms with E-state index in [-0.39, 0.29) is 6.04 Å². The van der Waals surface area contributed by atoms with Crippen LogP contribution >= 0.6 is 22.6 Å². The fourth-order valence-corrected chi connectivity index (χ4v) is 2.70. The Morgan fingerprint density at radius 2 is 2.26 bits per heavy atom. The van der Waals surface area contributed by atoms with E-state index in [1.165, 1.54) is 9.13 Å². The first-order chi connectivity index (χ1) is 9.24. The lowest BCUT2D eigenvalue weighted by Crippen LogP contribution is -2.21. The number of nitrogens with one attached hydrogen (secondary N) is 1. The van der Waals surface area contributed by atoms with Crippen LogP contribution < -0.4 is 5.32 Å². The summed E-state index contributed by atoms with van der Waals surface area (Å²) in [5.74, 6) is 1.04. The molecule has 0 aliphatic carbocycles. The molecule has 5 heteroatoms. The molecule has 0 saturated carbocycles. The Labute approximate surface area is 127 Å². The number of likely N-dealkylation sites (N-methyl/N-ethyl adjacent to an activating group) is 1. The summed E-state index contributed by atoms with van der Waals surface area (Å²) in [6, 6.07) is 8.84. The Balaban J connectivity index is 2.17. The van der Waals surface area contributed by atoms with Crippen LogP contribution in [0.2, 0.25) is 0 Å². The molecule has 0 radical (unpaired) electrons. The molecule has 102 valence electrons. The summed E-state index contributed by atoms with van der Waals surface area (Å²) in [4.78, 5) is 4.38. The topological polar surface area (TPSA) is 42.7 Å². The molecule has 1 N–H and O–H groups in total. The van der Waals surface area contributed by atoms with Crippen LogP contribution in [-0.2, 0) is 13.0 Å². The van der Waals surface area contributed by atoms with Gasteiger partial charge < -0.3 is 5.32 Å². The summed E-state index contributed by atoms with van der Waals surface area (Å²) in [7, 11) is 1.99. The molecule has 1 unspecified atom stereocenters. The predicted molar refractivity (Wildman–Crippen MR) is 85.0 cm³/mol. The van der Waals surface area contributed by atoms with Gasteiger partial charge in [-0.05, 0) is 53.8 Å². The SMILES string of the molecule is CCCn1ncnc1CC(NC)c1cccc(I)c1. The van der Waals surface area contributed by atoms with Crippen molar-refractivity contribution in [3.8, 4) is 0 Å². The molecule has 0 aliphatic heterocycles. The molecule has 1 heterocycles. The van der Waals surface area contributed by atoms with Crippen molar-refractivity contribution in [2.45, 2.75) is 32.4 Å². The summed E-state index contributed by atoms with van der Waals surface area (Å²) in [5.41, 5.74) is 1.29. The molecule has 2 aromatic rings. The average molecular weight is 370 g/mol. The van der Waals surface area contributed by atoms with Gasteiger partial charge in [0.1, 0.15) is 12.2 Å². The van der Waals surface area contributed by atoms with Gasteiger partial charge in [-0.1, -0.05) is 19.1 Å². The van der Waals surface area contributed by atoms with Crippen molar-refractivity contribution in [2.24, 2.45) is 0 Å². The number of aryl methyl sites for hydroxylation is 1. The molecule has 0 bridgehead atoms. The van der Waals surface area contributed by atoms with Gasteiger partial charge in [0.15, 0.2) is 0 Å². The Kier molecular flexibility index (Phi) is 5.33. The van der Waals surface area contributed by atoms with Crippen molar-refractivity contribution in [3.63, 3.8) is 0 Å². The Bertz CT molecular complexity index is 524. The molecule has 1 aromatic heterocycles. The van der Waals surface area contributed by atoms with Gasteiger partial charge in [0.2, 0.25) is 0 Å². The van der Waals surface area contributed by atoms with Crippen molar-refractivity contribution in [2.75, 3.05) is 7.05 Å². The van der Waals surface area contributed by atoms with Crippen molar-refractivity contribution >= 4 is 22.6 Å². The van der Waals surface area contributed by atoms with Gasteiger partial charge in [0.25, 0.3) is 0 Å². The molecular formula is C14H19IN4. The van der Waals surface area contributed by atoms with Crippen molar-refractivity contribution in [1.82, 2.24) is 20.1 Å². The first kappa shape index (κ1) is 14.5. The molecule has 4 nitrogen and oxygen atoms in total. The molecule has 0 aliphatic rings. The molecule has 19 heavy (non-hydrogen) atoms. The van der Waals surface area contributed by atoms with Gasteiger partial charge >= 0.3 is 0 Å². The van der Waals surface area contributed by atoms with Crippen LogP contribution in [0.5, 0.6) is 0 Å². The van der Waals surface area contributed by atoms with E-state index in [9.17, 15) is 0 Å². The average Bonchev–Trinajstić information content (AvgIpc) is 2.84. The maximum absolute atomic E-state index is 4.38. The minimum Gasteiger partial charge on any atom is -0.313 e. The fourth-order valence-electron chi connectivity index (χ4n) is 2.14. The second kappa shape index (κ2) is 7.00. The number of halogens is 1. The Hall–Kier alpha value is -0.950. The molecule has 0 spiro atoms. The first-order valence-corrected chi connectivity index (χ1v) is 7.62. The zero-order valence-corrected chi connectivity index (χ0v) is 13.5. The fraction of sp³-hybridized carbons (Fsp3) is 0.429. The minimum atomic E-state index is 0.273. The molecule has 0 saturated heterocycles. The third kappa shape index (κ3) is 3.76. The van der Waals surface area contributed by atoms with E-state index in [4.69, 9.17) is 0 Å². The molecular weight excluding hydrogens is 351 g/mol. The number of hydrogen-bond acceptors (Lipinski definition) is 3. The van der Waals surface area contributed by atoms with Crippen molar-refractivity contribution in [1.29, 1.82) is 0 Å². The third-order valence-corrected chi connectivity index (χ3v) is 3.79. The van der Waals surface area contributed by atoms with E-state index in [0.29, 0.717) is 0 Å². The lowest BCUT2D eigenvalue weighted by molar-refractivity contribution is 0.517. The standard InChI is InChI=1S/C14H19IN4/c1-3-7-19-14(17-10-18-19)9-13(16-2)11-5-4-6-12(15)8-11/h4-6,8,10,13,16H,3,7,9H2,1-2H3. The lowest BCUT2D eigenvalue weighted by atomic mass is 10.0. The van der Waals surface area contributed by atoms with Crippen LogP contribution in [0.15, 0.2) is 30.6 Å². The van der Waals surface area contributed by atoms with Gasteiger partial charge in [-0.15, -0.1) is 0 Å². The van der Waals surface area contributed by atoms with Gasteiger partial charge in [-0.25, -0.2) is 4.98 Å². The van der Waals surface area contributed by atoms with Crippen molar-refractivity contribution in [3.05, 3.63) is 45.6 Å². The summed E-state index contributed by atoms with van der Waals surface area (Å²) >= 11 is 2.34. The number of aromatic nitrogens is 3. The summed E-state index contributed by atoms with van der Waals surface area (Å²) < 4.78 is 3.25. The molecule has 2 rings (SSSR count). The molecule has 0 amide bonds. The van der Waals surface area contributed by atoms with E-state index < -0.39 is 0 Å². The molecule has 0 fully saturated rings. The first-order valence-electron chi connectivity index (χ1n) is 6.54. The molecule has 1 aromatic carbocycles. The highest BCUT2D eigenvalue weighted by molar-refractivity contribution is 14.1. The highest BCUT2D eigenvalue weighted by Gasteiger charge is 2.14. The maximum Gasteiger partial charge on any atom is 0.138 e. The highest BCUT2D eigenvalue weighted by atomic mass is 127. The normalized spacial score (nSPS) is 12.6. The Morgan fingerprint density at radius 3 is 2.95 bits per heavy atom. The maximum atomic E-state index is 4.38. The second-order valence-electron chi connectivity index (χ2n) is 4.50. The Morgan fingerprint density at radius 1 is 1.42 bits per heavy atom. The highest BCUT2D eigenvalue weighted by Crippen LogP contribution is 2.19. The number of nitrogens with zero attached hydrogens (tertiary/aromatic N) is 3. The zero-order valence-electron chi connectivity index (χ0n) is 11.3. The summed E-state index contributed by atoms with van der Waals surface area (Å²) in [6.07, 6.45) is 3.58. The van der Waals surface area contributed by atoms with Crippen LogP contribution in [0.25, 0.3) is 0 Å². The number of rotatable bonds is 6. The van der Waals surface area contributed by atoms with Crippen LogP contribution in [-0.4, -0.2) is 21.8 Å². The minimum absolute atomic E-state index is 0.273. The summed E-state index contributed by atoms with van der Waals surface area (Å²) in [5, 5.41) is 7.65. The lowest BCUT2D eigenvalue weighted by Gasteiger charge is -2.17. The number of benzene rings is 1. The van der Waals surface area contributed by atoms with Crippen molar-refractivity contribution < 1.29 is 0 Å². The number of hydrogen-bond donors (Lipinski definition) is 1. The largest absolute Gasteiger partial charge is 0.313 e. The molecule has 1 atom stereocenters. The van der Waals surface area contributed by atoms with Crippen LogP contribution in [0.1, 0.15) is 30.8 Å². The van der Waals surface area contributed by atoms with Gasteiger partial charge in [-0.2, -0.15) is 5.10 Å². The van der Waals surface area contributed by atoms with E-state index in [2.05, 4.69) is 69.2 Å². The van der Waals surface area contributed by atoms with Gasteiger partial charge in [0, 0.05) is 22.6 Å². The van der Waals surface area contributed by atoms with Crippen LogP contribution in [0.3, 0.4) is 0 Å². The summed E-state index contributed by atoms with van der Waals surface area (Å²) in [6.45, 7) is 3.08. The van der Waals surface area contributed by atoms with Crippen LogP contribution in [0, 0.1) is 3.57 Å². The monoisotopic (exact) mass is 370 g/mol. The van der Waals surface area contributed by atoms with E-state index >= 15 is 0 Å². The second-order valence-corrected chi connectivity index (χ2v) is 5.75.